The van der Waals surface area contributed by atoms with Gasteiger partial charge in [-0.05, 0) is 24.1 Å². The summed E-state index contributed by atoms with van der Waals surface area (Å²) in [7, 11) is 0. The molecule has 4 nitrogen and oxygen atoms in total. The minimum atomic E-state index is -4.31. The van der Waals surface area contributed by atoms with Crippen molar-refractivity contribution in [3.63, 3.8) is 0 Å². The Morgan fingerprint density at radius 1 is 1.35 bits per heavy atom. The van der Waals surface area contributed by atoms with Crippen LogP contribution in [-0.2, 0) is 11.2 Å². The van der Waals surface area contributed by atoms with Gasteiger partial charge in [0.25, 0.3) is 0 Å². The van der Waals surface area contributed by atoms with Crippen LogP contribution in [-0.4, -0.2) is 30.4 Å². The van der Waals surface area contributed by atoms with Crippen molar-refractivity contribution < 1.29 is 17.9 Å². The first kappa shape index (κ1) is 13.9. The van der Waals surface area contributed by atoms with Crippen LogP contribution in [0.1, 0.15) is 5.56 Å². The highest BCUT2D eigenvalue weighted by molar-refractivity contribution is 5.11. The number of hydrogen-bond acceptors (Lipinski definition) is 4. The highest BCUT2D eigenvalue weighted by Crippen LogP contribution is 2.14. The van der Waals surface area contributed by atoms with Crippen LogP contribution in [0.5, 0.6) is 0 Å². The first-order valence-corrected chi connectivity index (χ1v) is 5.01. The topological polar surface area (TPSA) is 60.2 Å². The fraction of sp³-hybridized carbons (Fsp3) is 0.500. The number of nitrogens with two attached hydrogens (primary N) is 1. The molecular weight excluding hydrogens is 235 g/mol. The van der Waals surface area contributed by atoms with Crippen LogP contribution in [0, 0.1) is 0 Å². The number of pyridine rings is 1. The van der Waals surface area contributed by atoms with E-state index in [1.165, 1.54) is 0 Å². The van der Waals surface area contributed by atoms with Gasteiger partial charge in [0.2, 0.25) is 0 Å². The van der Waals surface area contributed by atoms with Crippen molar-refractivity contribution in [2.75, 3.05) is 13.2 Å². The van der Waals surface area contributed by atoms with E-state index in [2.05, 4.69) is 15.1 Å². The third kappa shape index (κ3) is 6.20. The molecule has 0 saturated heterocycles. The van der Waals surface area contributed by atoms with Gasteiger partial charge in [-0.25, -0.2) is 0 Å². The van der Waals surface area contributed by atoms with Gasteiger partial charge in [0.15, 0.2) is 0 Å². The van der Waals surface area contributed by atoms with Crippen LogP contribution in [0.3, 0.4) is 0 Å². The quantitative estimate of drug-likeness (QED) is 0.584. The molecule has 1 heterocycles. The number of hydrogen-bond donors (Lipinski definition) is 2. The number of aromatic nitrogens is 1. The molecular formula is C10H14F3N3O. The third-order valence-corrected chi connectivity index (χ3v) is 2.05. The number of nitrogens with zero attached hydrogens (tertiary/aromatic N) is 1. The lowest BCUT2D eigenvalue weighted by Crippen LogP contribution is -2.41. The standard InChI is InChI=1S/C10H14F3N3O/c11-10(12,13)7-17-6-9(16-14)5-8-1-3-15-4-2-8/h1-4,9,16H,5-7,14H2. The summed E-state index contributed by atoms with van der Waals surface area (Å²) >= 11 is 0. The monoisotopic (exact) mass is 249 g/mol. The second-order valence-electron chi connectivity index (χ2n) is 3.55. The van der Waals surface area contributed by atoms with E-state index >= 15 is 0 Å². The van der Waals surface area contributed by atoms with Crippen molar-refractivity contribution in [3.05, 3.63) is 30.1 Å². The van der Waals surface area contributed by atoms with E-state index in [0.717, 1.165) is 5.56 Å². The lowest BCUT2D eigenvalue weighted by molar-refractivity contribution is -0.175. The lowest BCUT2D eigenvalue weighted by atomic mass is 10.1. The average molecular weight is 249 g/mol. The smallest absolute Gasteiger partial charge is 0.370 e. The Balaban J connectivity index is 2.34. The second kappa shape index (κ2) is 6.53. The number of rotatable bonds is 6. The predicted octanol–water partition coefficient (Wildman–Crippen LogP) is 1.03. The van der Waals surface area contributed by atoms with Crippen LogP contribution in [0.15, 0.2) is 24.5 Å². The van der Waals surface area contributed by atoms with E-state index in [-0.39, 0.29) is 12.6 Å². The Labute approximate surface area is 96.9 Å². The first-order valence-electron chi connectivity index (χ1n) is 5.01. The molecule has 0 aliphatic rings. The van der Waals surface area contributed by atoms with Gasteiger partial charge < -0.3 is 4.74 Å². The molecule has 0 aliphatic heterocycles. The first-order chi connectivity index (χ1) is 8.01. The molecule has 96 valence electrons. The van der Waals surface area contributed by atoms with Crippen LogP contribution in [0.25, 0.3) is 0 Å². The van der Waals surface area contributed by atoms with Gasteiger partial charge in [-0.15, -0.1) is 0 Å². The molecule has 0 aromatic carbocycles. The average Bonchev–Trinajstić information content (AvgIpc) is 2.27. The van der Waals surface area contributed by atoms with Crippen molar-refractivity contribution in [1.29, 1.82) is 0 Å². The summed E-state index contributed by atoms with van der Waals surface area (Å²) in [6.45, 7) is -1.36. The molecule has 1 aromatic heterocycles. The zero-order chi connectivity index (χ0) is 12.7. The SMILES string of the molecule is NNC(COCC(F)(F)F)Cc1ccncc1. The Hall–Kier alpha value is -1.18. The van der Waals surface area contributed by atoms with Crippen molar-refractivity contribution in [3.8, 4) is 0 Å². The summed E-state index contributed by atoms with van der Waals surface area (Å²) in [5, 5.41) is 0. The van der Waals surface area contributed by atoms with E-state index in [9.17, 15) is 13.2 Å². The number of alkyl halides is 3. The van der Waals surface area contributed by atoms with Gasteiger partial charge in [0.05, 0.1) is 6.61 Å². The Kier molecular flexibility index (Phi) is 5.33. The summed E-state index contributed by atoms with van der Waals surface area (Å²) < 4.78 is 40.1. The van der Waals surface area contributed by atoms with Gasteiger partial charge in [-0.1, -0.05) is 0 Å². The molecule has 0 amide bonds. The van der Waals surface area contributed by atoms with Gasteiger partial charge in [-0.3, -0.25) is 16.3 Å². The maximum atomic E-state index is 11.9. The number of halogens is 3. The molecule has 0 spiro atoms. The minimum absolute atomic E-state index is 0.0989. The summed E-state index contributed by atoms with van der Waals surface area (Å²) in [6, 6.07) is 3.18. The Bertz CT molecular complexity index is 318. The molecule has 0 fully saturated rings. The predicted molar refractivity (Wildman–Crippen MR) is 55.9 cm³/mol. The summed E-state index contributed by atoms with van der Waals surface area (Å²) in [5.41, 5.74) is 3.35. The number of nitrogens with one attached hydrogen (secondary N) is 1. The fourth-order valence-corrected chi connectivity index (χ4v) is 1.29. The fourth-order valence-electron chi connectivity index (χ4n) is 1.29. The Morgan fingerprint density at radius 2 is 2.00 bits per heavy atom. The maximum Gasteiger partial charge on any atom is 0.411 e. The molecule has 0 aliphatic carbocycles. The van der Waals surface area contributed by atoms with Crippen LogP contribution in [0.4, 0.5) is 13.2 Å². The molecule has 1 rings (SSSR count). The number of ether oxygens (including phenoxy) is 1. The molecule has 1 aromatic rings. The van der Waals surface area contributed by atoms with E-state index in [0.29, 0.717) is 6.42 Å². The lowest BCUT2D eigenvalue weighted by Gasteiger charge is -2.16. The second-order valence-corrected chi connectivity index (χ2v) is 3.55. The van der Waals surface area contributed by atoms with Crippen molar-refractivity contribution >= 4 is 0 Å². The Morgan fingerprint density at radius 3 is 2.53 bits per heavy atom. The van der Waals surface area contributed by atoms with E-state index < -0.39 is 12.8 Å². The molecule has 3 N–H and O–H groups in total. The van der Waals surface area contributed by atoms with Crippen molar-refractivity contribution in [2.24, 2.45) is 5.84 Å². The van der Waals surface area contributed by atoms with Crippen molar-refractivity contribution in [2.45, 2.75) is 18.6 Å². The molecule has 1 atom stereocenters. The highest BCUT2D eigenvalue weighted by Gasteiger charge is 2.27. The summed E-state index contributed by atoms with van der Waals surface area (Å²) in [5.74, 6) is 5.24. The molecule has 7 heteroatoms. The van der Waals surface area contributed by atoms with Crippen molar-refractivity contribution in [1.82, 2.24) is 10.4 Å². The normalized spacial score (nSPS) is 13.6. The zero-order valence-electron chi connectivity index (χ0n) is 9.07. The van der Waals surface area contributed by atoms with E-state index in [4.69, 9.17) is 5.84 Å². The number of hydrazine groups is 1. The van der Waals surface area contributed by atoms with Gasteiger partial charge in [0.1, 0.15) is 6.61 Å². The maximum absolute atomic E-state index is 11.9. The van der Waals surface area contributed by atoms with Crippen LogP contribution in [0.2, 0.25) is 0 Å². The van der Waals surface area contributed by atoms with Crippen LogP contribution >= 0.6 is 0 Å². The minimum Gasteiger partial charge on any atom is -0.370 e. The molecule has 0 bridgehead atoms. The third-order valence-electron chi connectivity index (χ3n) is 2.05. The largest absolute Gasteiger partial charge is 0.411 e. The molecule has 0 saturated carbocycles. The van der Waals surface area contributed by atoms with E-state index in [1.54, 1.807) is 24.5 Å². The summed E-state index contributed by atoms with van der Waals surface area (Å²) in [4.78, 5) is 3.84. The van der Waals surface area contributed by atoms with Crippen LogP contribution < -0.4 is 11.3 Å². The van der Waals surface area contributed by atoms with Gasteiger partial charge in [-0.2, -0.15) is 13.2 Å². The van der Waals surface area contributed by atoms with E-state index in [1.807, 2.05) is 0 Å². The zero-order valence-corrected chi connectivity index (χ0v) is 9.07. The highest BCUT2D eigenvalue weighted by atomic mass is 19.4. The molecule has 17 heavy (non-hydrogen) atoms. The van der Waals surface area contributed by atoms with Gasteiger partial charge >= 0.3 is 6.18 Å². The molecule has 1 unspecified atom stereocenters. The summed E-state index contributed by atoms with van der Waals surface area (Å²) in [6.07, 6.45) is -0.606. The molecule has 0 radical (unpaired) electrons. The van der Waals surface area contributed by atoms with Gasteiger partial charge in [0, 0.05) is 18.4 Å².